The Morgan fingerprint density at radius 3 is 2.36 bits per heavy atom. The first kappa shape index (κ1) is 17.7. The van der Waals surface area contributed by atoms with Crippen LogP contribution in [0.3, 0.4) is 0 Å². The van der Waals surface area contributed by atoms with Gasteiger partial charge in [-0.3, -0.25) is 0 Å². The van der Waals surface area contributed by atoms with Gasteiger partial charge in [0.1, 0.15) is 5.82 Å². The zero-order chi connectivity index (χ0) is 15.2. The van der Waals surface area contributed by atoms with Gasteiger partial charge in [-0.15, -0.1) is 12.4 Å². The van der Waals surface area contributed by atoms with E-state index in [4.69, 9.17) is 0 Å². The quantitative estimate of drug-likeness (QED) is 0.912. The Kier molecular flexibility index (Phi) is 5.16. The smallest absolute Gasteiger partial charge is 0.243 e. The summed E-state index contributed by atoms with van der Waals surface area (Å²) in [5, 5.41) is 3.51. The molecule has 0 amide bonds. The van der Waals surface area contributed by atoms with E-state index < -0.39 is 15.8 Å². The average Bonchev–Trinajstić information content (AvgIpc) is 2.76. The number of hydrogen-bond donors (Lipinski definition) is 1. The lowest BCUT2D eigenvalue weighted by atomic mass is 10.0. The first-order valence-corrected chi connectivity index (χ1v) is 8.82. The van der Waals surface area contributed by atoms with E-state index in [0.29, 0.717) is 17.6 Å². The molecule has 0 aromatic heterocycles. The Bertz CT molecular complexity index is 641. The highest BCUT2D eigenvalue weighted by Crippen LogP contribution is 2.32. The summed E-state index contributed by atoms with van der Waals surface area (Å²) in [5.41, 5.74) is 0.457. The number of nitrogens with one attached hydrogen (secondary N) is 1. The summed E-state index contributed by atoms with van der Waals surface area (Å²) in [6.07, 6.45) is 3.97. The highest BCUT2D eigenvalue weighted by atomic mass is 35.5. The molecule has 1 N–H and O–H groups in total. The summed E-state index contributed by atoms with van der Waals surface area (Å²) in [6.45, 7) is 1.63. The van der Waals surface area contributed by atoms with Gasteiger partial charge in [0.15, 0.2) is 0 Å². The minimum atomic E-state index is -3.57. The molecular formula is C15H22ClFN2O2S. The molecule has 2 atom stereocenters. The standard InChI is InChI=1S/C15H21FN2O2S.ClH/c1-10-7-11(16)3-6-15(10)21(19,20)18(2)14-8-12-4-5-13(9-14)17-12;/h3,6-7,12-14,17H,4-5,8-9H2,1-2H3;1H. The molecule has 1 aromatic rings. The molecule has 2 aliphatic rings. The van der Waals surface area contributed by atoms with Gasteiger partial charge in [0.2, 0.25) is 10.0 Å². The van der Waals surface area contributed by atoms with Crippen molar-refractivity contribution < 1.29 is 12.8 Å². The second kappa shape index (κ2) is 6.43. The monoisotopic (exact) mass is 348 g/mol. The molecule has 2 heterocycles. The lowest BCUT2D eigenvalue weighted by Crippen LogP contribution is -2.48. The third-order valence-corrected chi connectivity index (χ3v) is 6.83. The van der Waals surface area contributed by atoms with Gasteiger partial charge in [0.25, 0.3) is 0 Å². The summed E-state index contributed by atoms with van der Waals surface area (Å²) < 4.78 is 40.2. The molecule has 2 bridgehead atoms. The van der Waals surface area contributed by atoms with Crippen molar-refractivity contribution in [3.63, 3.8) is 0 Å². The zero-order valence-corrected chi connectivity index (χ0v) is 14.4. The van der Waals surface area contributed by atoms with Crippen molar-refractivity contribution in [2.75, 3.05) is 7.05 Å². The van der Waals surface area contributed by atoms with Crippen molar-refractivity contribution in [2.24, 2.45) is 0 Å². The van der Waals surface area contributed by atoms with Gasteiger partial charge >= 0.3 is 0 Å². The molecule has 0 spiro atoms. The van der Waals surface area contributed by atoms with Crippen LogP contribution in [0, 0.1) is 12.7 Å². The van der Waals surface area contributed by atoms with Crippen LogP contribution in [-0.2, 0) is 10.0 Å². The van der Waals surface area contributed by atoms with Crippen LogP contribution in [0.4, 0.5) is 4.39 Å². The number of hydrogen-bond acceptors (Lipinski definition) is 3. The van der Waals surface area contributed by atoms with Crippen molar-refractivity contribution in [3.05, 3.63) is 29.6 Å². The highest BCUT2D eigenvalue weighted by Gasteiger charge is 2.39. The molecule has 2 saturated heterocycles. The SMILES string of the molecule is Cc1cc(F)ccc1S(=O)(=O)N(C)C1CC2CCC(C1)N2.Cl. The van der Waals surface area contributed by atoms with E-state index in [9.17, 15) is 12.8 Å². The summed E-state index contributed by atoms with van der Waals surface area (Å²) in [4.78, 5) is 0.206. The Balaban J connectivity index is 0.00000176. The summed E-state index contributed by atoms with van der Waals surface area (Å²) in [7, 11) is -1.92. The molecule has 2 fully saturated rings. The number of rotatable bonds is 3. The molecule has 7 heteroatoms. The molecule has 4 nitrogen and oxygen atoms in total. The Hall–Kier alpha value is -0.690. The van der Waals surface area contributed by atoms with Gasteiger partial charge in [-0.05, 0) is 56.4 Å². The molecule has 0 radical (unpaired) electrons. The largest absolute Gasteiger partial charge is 0.311 e. The molecule has 0 saturated carbocycles. The van der Waals surface area contributed by atoms with Crippen molar-refractivity contribution in [2.45, 2.75) is 55.6 Å². The van der Waals surface area contributed by atoms with Crippen LogP contribution in [0.2, 0.25) is 0 Å². The van der Waals surface area contributed by atoms with Crippen LogP contribution in [0.5, 0.6) is 0 Å². The van der Waals surface area contributed by atoms with Crippen molar-refractivity contribution >= 4 is 22.4 Å². The molecule has 22 heavy (non-hydrogen) atoms. The van der Waals surface area contributed by atoms with Gasteiger partial charge < -0.3 is 5.32 Å². The normalized spacial score (nSPS) is 27.7. The van der Waals surface area contributed by atoms with E-state index >= 15 is 0 Å². The fraction of sp³-hybridized carbons (Fsp3) is 0.600. The maximum Gasteiger partial charge on any atom is 0.243 e. The van der Waals surface area contributed by atoms with Crippen molar-refractivity contribution in [1.29, 1.82) is 0 Å². The van der Waals surface area contributed by atoms with Crippen LogP contribution >= 0.6 is 12.4 Å². The molecule has 0 aliphatic carbocycles. The van der Waals surface area contributed by atoms with E-state index in [1.807, 2.05) is 0 Å². The zero-order valence-electron chi connectivity index (χ0n) is 12.8. The van der Waals surface area contributed by atoms with Crippen molar-refractivity contribution in [1.82, 2.24) is 9.62 Å². The summed E-state index contributed by atoms with van der Waals surface area (Å²) in [6, 6.07) is 4.73. The predicted octanol–water partition coefficient (Wildman–Crippen LogP) is 2.46. The number of fused-ring (bicyclic) bond motifs is 2. The van der Waals surface area contributed by atoms with Crippen LogP contribution in [0.15, 0.2) is 23.1 Å². The Labute approximate surface area is 137 Å². The Morgan fingerprint density at radius 2 is 1.82 bits per heavy atom. The molecule has 3 rings (SSSR count). The first-order chi connectivity index (χ1) is 9.88. The van der Waals surface area contributed by atoms with Gasteiger partial charge in [-0.2, -0.15) is 4.31 Å². The van der Waals surface area contributed by atoms with E-state index in [2.05, 4.69) is 5.32 Å². The molecule has 1 aromatic carbocycles. The van der Waals surface area contributed by atoms with Crippen LogP contribution in [-0.4, -0.2) is 37.9 Å². The predicted molar refractivity (Wildman–Crippen MR) is 86.3 cm³/mol. The molecular weight excluding hydrogens is 327 g/mol. The number of aryl methyl sites for hydroxylation is 1. The molecule has 2 aliphatic heterocycles. The maximum atomic E-state index is 13.2. The minimum absolute atomic E-state index is 0. The maximum absolute atomic E-state index is 13.2. The average molecular weight is 349 g/mol. The van der Waals surface area contributed by atoms with Crippen LogP contribution in [0.1, 0.15) is 31.2 Å². The Morgan fingerprint density at radius 1 is 1.23 bits per heavy atom. The van der Waals surface area contributed by atoms with E-state index in [0.717, 1.165) is 25.7 Å². The van der Waals surface area contributed by atoms with Gasteiger partial charge in [0.05, 0.1) is 4.90 Å². The number of benzene rings is 1. The fourth-order valence-electron chi connectivity index (χ4n) is 3.58. The third kappa shape index (κ3) is 3.15. The molecule has 124 valence electrons. The van der Waals surface area contributed by atoms with Gasteiger partial charge in [-0.25, -0.2) is 12.8 Å². The number of nitrogens with zero attached hydrogens (tertiary/aromatic N) is 1. The lowest BCUT2D eigenvalue weighted by Gasteiger charge is -2.35. The topological polar surface area (TPSA) is 49.4 Å². The third-order valence-electron chi connectivity index (χ3n) is 4.76. The summed E-state index contributed by atoms with van der Waals surface area (Å²) in [5.74, 6) is -0.408. The van der Waals surface area contributed by atoms with Crippen LogP contribution < -0.4 is 5.32 Å². The second-order valence-corrected chi connectivity index (χ2v) is 8.16. The van der Waals surface area contributed by atoms with Gasteiger partial charge in [0, 0.05) is 25.2 Å². The summed E-state index contributed by atoms with van der Waals surface area (Å²) >= 11 is 0. The van der Waals surface area contributed by atoms with E-state index in [1.54, 1.807) is 14.0 Å². The molecule has 2 unspecified atom stereocenters. The highest BCUT2D eigenvalue weighted by molar-refractivity contribution is 7.89. The van der Waals surface area contributed by atoms with Crippen molar-refractivity contribution in [3.8, 4) is 0 Å². The second-order valence-electron chi connectivity index (χ2n) is 6.19. The van der Waals surface area contributed by atoms with Crippen LogP contribution in [0.25, 0.3) is 0 Å². The van der Waals surface area contributed by atoms with Gasteiger partial charge in [-0.1, -0.05) is 0 Å². The number of sulfonamides is 1. The van der Waals surface area contributed by atoms with E-state index in [-0.39, 0.29) is 23.3 Å². The minimum Gasteiger partial charge on any atom is -0.311 e. The lowest BCUT2D eigenvalue weighted by molar-refractivity contribution is 0.251. The number of halogens is 2. The van der Waals surface area contributed by atoms with E-state index in [1.165, 1.54) is 22.5 Å². The fourth-order valence-corrected chi connectivity index (χ4v) is 5.16. The number of piperidine rings is 1. The first-order valence-electron chi connectivity index (χ1n) is 7.38.